The van der Waals surface area contributed by atoms with Gasteiger partial charge in [0.1, 0.15) is 6.61 Å². The number of fused-ring (bicyclic) bond motifs is 1. The van der Waals surface area contributed by atoms with Gasteiger partial charge >= 0.3 is 6.16 Å². The number of rotatable bonds is 4. The second-order valence-electron chi connectivity index (χ2n) is 6.50. The van der Waals surface area contributed by atoms with Crippen molar-refractivity contribution in [1.29, 1.82) is 0 Å². The summed E-state index contributed by atoms with van der Waals surface area (Å²) < 4.78 is 4.79. The summed E-state index contributed by atoms with van der Waals surface area (Å²) in [6.07, 6.45) is -1.25. The Kier molecular flexibility index (Phi) is 5.92. The molecule has 2 aromatic carbocycles. The lowest BCUT2D eigenvalue weighted by molar-refractivity contribution is -0.133. The van der Waals surface area contributed by atoms with Gasteiger partial charge in [-0.05, 0) is 35.7 Å². The molecule has 0 saturated carbocycles. The van der Waals surface area contributed by atoms with E-state index in [1.165, 1.54) is 0 Å². The Balaban J connectivity index is 1.87. The molecule has 3 rings (SSSR count). The number of carbonyl (C=O) groups is 2. The van der Waals surface area contributed by atoms with Crippen molar-refractivity contribution in [3.05, 3.63) is 69.2 Å². The highest BCUT2D eigenvalue weighted by atomic mass is 35.5. The zero-order valence-corrected chi connectivity index (χ0v) is 16.2. The Labute approximate surface area is 167 Å². The van der Waals surface area contributed by atoms with Crippen LogP contribution in [0.4, 0.5) is 4.79 Å². The van der Waals surface area contributed by atoms with Crippen molar-refractivity contribution in [1.82, 2.24) is 4.90 Å². The largest absolute Gasteiger partial charge is 0.505 e. The highest BCUT2D eigenvalue weighted by molar-refractivity contribution is 6.36. The molecule has 2 atom stereocenters. The number of carbonyl (C=O) groups excluding carboxylic acids is 1. The summed E-state index contributed by atoms with van der Waals surface area (Å²) in [7, 11) is 0. The molecule has 0 saturated heterocycles. The standard InChI is InChI=1S/C20H19Cl2NO4/c1-12-14-5-2-3-6-15(14)13(11-27-20(25)26)10-23(12)19(24)9-16-17(21)7-4-8-18(16)22/h2-8,12-13H,9-11H2,1H3,(H,25,26)/t12-,13+/m0/s1. The van der Waals surface area contributed by atoms with Crippen LogP contribution in [0.1, 0.15) is 35.6 Å². The van der Waals surface area contributed by atoms with Gasteiger partial charge in [-0.25, -0.2) is 4.79 Å². The van der Waals surface area contributed by atoms with Crippen LogP contribution in [0.2, 0.25) is 10.0 Å². The summed E-state index contributed by atoms with van der Waals surface area (Å²) in [5.41, 5.74) is 2.59. The molecule has 0 spiro atoms. The Morgan fingerprint density at radius 1 is 1.11 bits per heavy atom. The van der Waals surface area contributed by atoms with Crippen molar-refractivity contribution >= 4 is 35.3 Å². The molecule has 0 aliphatic carbocycles. The minimum Gasteiger partial charge on any atom is -0.450 e. The molecule has 1 aliphatic heterocycles. The zero-order chi connectivity index (χ0) is 19.6. The summed E-state index contributed by atoms with van der Waals surface area (Å²) in [4.78, 5) is 25.6. The zero-order valence-electron chi connectivity index (χ0n) is 14.7. The fourth-order valence-corrected chi connectivity index (χ4v) is 4.04. The second kappa shape index (κ2) is 8.19. The number of hydrogen-bond acceptors (Lipinski definition) is 3. The molecule has 0 radical (unpaired) electrons. The molecule has 142 valence electrons. The van der Waals surface area contributed by atoms with E-state index in [0.717, 1.165) is 11.1 Å². The quantitative estimate of drug-likeness (QED) is 0.730. The lowest BCUT2D eigenvalue weighted by Gasteiger charge is -2.39. The number of nitrogens with zero attached hydrogens (tertiary/aromatic N) is 1. The predicted octanol–water partition coefficient (Wildman–Crippen LogP) is 4.92. The summed E-state index contributed by atoms with van der Waals surface area (Å²) in [6.45, 7) is 2.32. The lowest BCUT2D eigenvalue weighted by Crippen LogP contribution is -2.43. The third-order valence-electron chi connectivity index (χ3n) is 4.89. The second-order valence-corrected chi connectivity index (χ2v) is 7.32. The van der Waals surface area contributed by atoms with Crippen LogP contribution in [0.25, 0.3) is 0 Å². The van der Waals surface area contributed by atoms with E-state index in [9.17, 15) is 9.59 Å². The maximum Gasteiger partial charge on any atom is 0.505 e. The van der Waals surface area contributed by atoms with Crippen molar-refractivity contribution in [2.24, 2.45) is 0 Å². The van der Waals surface area contributed by atoms with Gasteiger partial charge in [0.2, 0.25) is 5.91 Å². The summed E-state index contributed by atoms with van der Waals surface area (Å²) in [6, 6.07) is 12.7. The fraction of sp³-hybridized carbons (Fsp3) is 0.300. The van der Waals surface area contributed by atoms with E-state index in [1.54, 1.807) is 23.1 Å². The fourth-order valence-electron chi connectivity index (χ4n) is 3.51. The van der Waals surface area contributed by atoms with Crippen molar-refractivity contribution in [2.45, 2.75) is 25.3 Å². The van der Waals surface area contributed by atoms with Gasteiger partial charge in [0.25, 0.3) is 0 Å². The number of benzene rings is 2. The minimum atomic E-state index is -1.33. The molecule has 27 heavy (non-hydrogen) atoms. The molecule has 1 heterocycles. The van der Waals surface area contributed by atoms with Crippen molar-refractivity contribution in [2.75, 3.05) is 13.2 Å². The number of halogens is 2. The first-order valence-electron chi connectivity index (χ1n) is 8.55. The number of amides is 1. The van der Waals surface area contributed by atoms with E-state index in [1.807, 2.05) is 31.2 Å². The van der Waals surface area contributed by atoms with E-state index in [0.29, 0.717) is 22.2 Å². The first kappa shape index (κ1) is 19.5. The molecule has 2 aromatic rings. The van der Waals surface area contributed by atoms with Gasteiger partial charge in [0, 0.05) is 22.5 Å². The van der Waals surface area contributed by atoms with Crippen LogP contribution < -0.4 is 0 Å². The van der Waals surface area contributed by atoms with Crippen LogP contribution in [-0.4, -0.2) is 35.2 Å². The van der Waals surface area contributed by atoms with Gasteiger partial charge in [-0.2, -0.15) is 0 Å². The lowest BCUT2D eigenvalue weighted by atomic mass is 9.86. The first-order chi connectivity index (χ1) is 12.9. The van der Waals surface area contributed by atoms with E-state index in [-0.39, 0.29) is 30.9 Å². The smallest absolute Gasteiger partial charge is 0.450 e. The van der Waals surface area contributed by atoms with E-state index < -0.39 is 6.16 Å². The van der Waals surface area contributed by atoms with Crippen LogP contribution in [0, 0.1) is 0 Å². The molecule has 1 N–H and O–H groups in total. The maximum absolute atomic E-state index is 13.0. The van der Waals surface area contributed by atoms with Gasteiger partial charge in [0.05, 0.1) is 12.5 Å². The SMILES string of the molecule is C[C@H]1c2ccccc2[C@@H](COC(=O)O)CN1C(=O)Cc1c(Cl)cccc1Cl. The van der Waals surface area contributed by atoms with Gasteiger partial charge in [-0.3, -0.25) is 4.79 Å². The highest BCUT2D eigenvalue weighted by Gasteiger charge is 2.34. The van der Waals surface area contributed by atoms with E-state index in [4.69, 9.17) is 33.0 Å². The summed E-state index contributed by atoms with van der Waals surface area (Å²) in [5.74, 6) is -0.341. The van der Waals surface area contributed by atoms with Crippen LogP contribution in [0.3, 0.4) is 0 Å². The van der Waals surface area contributed by atoms with Crippen LogP contribution in [0.5, 0.6) is 0 Å². The third kappa shape index (κ3) is 4.20. The molecular formula is C20H19Cl2NO4. The molecule has 0 bridgehead atoms. The predicted molar refractivity (Wildman–Crippen MR) is 103 cm³/mol. The number of ether oxygens (including phenoxy) is 1. The van der Waals surface area contributed by atoms with Crippen LogP contribution >= 0.6 is 23.2 Å². The maximum atomic E-state index is 13.0. The van der Waals surface area contributed by atoms with Crippen molar-refractivity contribution < 1.29 is 19.4 Å². The van der Waals surface area contributed by atoms with Crippen LogP contribution in [-0.2, 0) is 16.0 Å². The molecule has 1 aliphatic rings. The third-order valence-corrected chi connectivity index (χ3v) is 5.60. The number of carboxylic acid groups (broad SMARTS) is 1. The van der Waals surface area contributed by atoms with Crippen molar-refractivity contribution in [3.8, 4) is 0 Å². The van der Waals surface area contributed by atoms with E-state index >= 15 is 0 Å². The van der Waals surface area contributed by atoms with Gasteiger partial charge in [-0.15, -0.1) is 0 Å². The Morgan fingerprint density at radius 3 is 2.37 bits per heavy atom. The Morgan fingerprint density at radius 2 is 1.74 bits per heavy atom. The monoisotopic (exact) mass is 407 g/mol. The molecule has 1 amide bonds. The van der Waals surface area contributed by atoms with Crippen LogP contribution in [0.15, 0.2) is 42.5 Å². The van der Waals surface area contributed by atoms with E-state index in [2.05, 4.69) is 0 Å². The van der Waals surface area contributed by atoms with Crippen molar-refractivity contribution in [3.63, 3.8) is 0 Å². The Bertz CT molecular complexity index is 851. The Hall–Kier alpha value is -2.24. The highest BCUT2D eigenvalue weighted by Crippen LogP contribution is 2.37. The molecule has 0 aromatic heterocycles. The normalized spacial score (nSPS) is 18.7. The average Bonchev–Trinajstić information content (AvgIpc) is 2.64. The molecule has 0 fully saturated rings. The molecule has 0 unspecified atom stereocenters. The minimum absolute atomic E-state index is 0.00427. The van der Waals surface area contributed by atoms with Gasteiger partial charge < -0.3 is 14.7 Å². The number of hydrogen-bond donors (Lipinski definition) is 1. The molecular weight excluding hydrogens is 389 g/mol. The molecule has 7 heteroatoms. The molecule has 5 nitrogen and oxygen atoms in total. The van der Waals surface area contributed by atoms with Gasteiger partial charge in [-0.1, -0.05) is 53.5 Å². The topological polar surface area (TPSA) is 66.8 Å². The van der Waals surface area contributed by atoms with Gasteiger partial charge in [0.15, 0.2) is 0 Å². The first-order valence-corrected chi connectivity index (χ1v) is 9.31. The summed E-state index contributed by atoms with van der Waals surface area (Å²) >= 11 is 12.4. The summed E-state index contributed by atoms with van der Waals surface area (Å²) in [5, 5.41) is 9.74. The average molecular weight is 408 g/mol.